The number of anilines is 1. The standard InChI is InChI=1S/C9H11NO4S/c1-2-10(15(13)14)8-5-3-7(4-6-8)9(11)12/h3-6H,2H2,1H3,(H,11,12)(H,13,14). The fourth-order valence-corrected chi connectivity index (χ4v) is 1.68. The average Bonchev–Trinajstić information content (AvgIpc) is 2.19. The fourth-order valence-electron chi connectivity index (χ4n) is 1.15. The predicted molar refractivity (Wildman–Crippen MR) is 57.2 cm³/mol. The number of carboxylic acid groups (broad SMARTS) is 1. The van der Waals surface area contributed by atoms with Gasteiger partial charge in [-0.2, -0.15) is 0 Å². The lowest BCUT2D eigenvalue weighted by Gasteiger charge is -2.17. The summed E-state index contributed by atoms with van der Waals surface area (Å²) in [6.45, 7) is 2.11. The van der Waals surface area contributed by atoms with E-state index in [1.54, 1.807) is 6.92 Å². The molecule has 0 saturated carbocycles. The van der Waals surface area contributed by atoms with Crippen molar-refractivity contribution in [3.05, 3.63) is 29.8 Å². The summed E-state index contributed by atoms with van der Waals surface area (Å²) >= 11 is -2.09. The van der Waals surface area contributed by atoms with E-state index in [4.69, 9.17) is 9.66 Å². The first-order valence-corrected chi connectivity index (χ1v) is 5.34. The Hall–Kier alpha value is -1.40. The Morgan fingerprint density at radius 2 is 1.93 bits per heavy atom. The molecule has 0 aliphatic rings. The SMILES string of the molecule is CCN(c1ccc(C(=O)O)cc1)S(=O)O. The molecule has 0 saturated heterocycles. The van der Waals surface area contributed by atoms with Gasteiger partial charge < -0.3 is 5.11 Å². The maximum absolute atomic E-state index is 10.9. The number of hydrogen-bond donors (Lipinski definition) is 2. The van der Waals surface area contributed by atoms with Crippen LogP contribution in [0.2, 0.25) is 0 Å². The summed E-state index contributed by atoms with van der Waals surface area (Å²) in [4.78, 5) is 10.6. The first-order valence-electron chi connectivity index (χ1n) is 4.28. The third kappa shape index (κ3) is 2.77. The van der Waals surface area contributed by atoms with Crippen molar-refractivity contribution in [1.82, 2.24) is 0 Å². The van der Waals surface area contributed by atoms with Crippen LogP contribution in [0.5, 0.6) is 0 Å². The van der Waals surface area contributed by atoms with Gasteiger partial charge in [0.1, 0.15) is 0 Å². The quantitative estimate of drug-likeness (QED) is 0.764. The van der Waals surface area contributed by atoms with Crippen LogP contribution in [0.3, 0.4) is 0 Å². The summed E-state index contributed by atoms with van der Waals surface area (Å²) in [6, 6.07) is 5.79. The zero-order chi connectivity index (χ0) is 11.4. The van der Waals surface area contributed by atoms with Gasteiger partial charge in [0, 0.05) is 6.54 Å². The molecule has 82 valence electrons. The molecule has 0 amide bonds. The monoisotopic (exact) mass is 229 g/mol. The second-order valence-electron chi connectivity index (χ2n) is 2.78. The third-order valence-electron chi connectivity index (χ3n) is 1.88. The minimum atomic E-state index is -2.09. The fraction of sp³-hybridized carbons (Fsp3) is 0.222. The molecule has 0 aliphatic carbocycles. The normalized spacial score (nSPS) is 12.1. The summed E-state index contributed by atoms with van der Waals surface area (Å²) in [5.74, 6) is -1.02. The molecule has 15 heavy (non-hydrogen) atoms. The first kappa shape index (κ1) is 11.7. The zero-order valence-electron chi connectivity index (χ0n) is 8.08. The van der Waals surface area contributed by atoms with E-state index in [2.05, 4.69) is 0 Å². The number of rotatable bonds is 4. The molecule has 0 heterocycles. The molecule has 0 fully saturated rings. The van der Waals surface area contributed by atoms with Gasteiger partial charge in [0.05, 0.1) is 11.3 Å². The Labute approximate surface area is 89.8 Å². The third-order valence-corrected chi connectivity index (χ3v) is 2.72. The Morgan fingerprint density at radius 1 is 1.40 bits per heavy atom. The zero-order valence-corrected chi connectivity index (χ0v) is 8.90. The van der Waals surface area contributed by atoms with Crippen LogP contribution in [0.1, 0.15) is 17.3 Å². The molecule has 1 unspecified atom stereocenters. The summed E-state index contributed by atoms with van der Waals surface area (Å²) in [7, 11) is 0. The van der Waals surface area contributed by atoms with Crippen LogP contribution < -0.4 is 4.31 Å². The van der Waals surface area contributed by atoms with E-state index in [0.717, 1.165) is 0 Å². The highest BCUT2D eigenvalue weighted by Gasteiger charge is 2.10. The van der Waals surface area contributed by atoms with E-state index in [-0.39, 0.29) is 5.56 Å². The Morgan fingerprint density at radius 3 is 2.27 bits per heavy atom. The maximum atomic E-state index is 10.9. The van der Waals surface area contributed by atoms with Crippen molar-refractivity contribution in [1.29, 1.82) is 0 Å². The molecule has 1 aromatic carbocycles. The van der Waals surface area contributed by atoms with Crippen LogP contribution in [-0.4, -0.2) is 26.4 Å². The van der Waals surface area contributed by atoms with Gasteiger partial charge >= 0.3 is 5.97 Å². The molecule has 5 nitrogen and oxygen atoms in total. The van der Waals surface area contributed by atoms with E-state index in [1.165, 1.54) is 28.6 Å². The van der Waals surface area contributed by atoms with Crippen molar-refractivity contribution in [3.63, 3.8) is 0 Å². The van der Waals surface area contributed by atoms with Crippen LogP contribution in [0, 0.1) is 0 Å². The first-order chi connectivity index (χ1) is 7.06. The molecule has 1 aromatic rings. The van der Waals surface area contributed by atoms with Gasteiger partial charge in [0.15, 0.2) is 0 Å². The van der Waals surface area contributed by atoms with Crippen LogP contribution in [-0.2, 0) is 11.3 Å². The van der Waals surface area contributed by atoms with E-state index < -0.39 is 17.2 Å². The lowest BCUT2D eigenvalue weighted by atomic mass is 10.2. The van der Waals surface area contributed by atoms with Crippen LogP contribution >= 0.6 is 0 Å². The predicted octanol–water partition coefficient (Wildman–Crippen LogP) is 1.35. The highest BCUT2D eigenvalue weighted by Crippen LogP contribution is 2.16. The molecule has 6 heteroatoms. The minimum Gasteiger partial charge on any atom is -0.478 e. The van der Waals surface area contributed by atoms with E-state index in [9.17, 15) is 9.00 Å². The molecule has 1 rings (SSSR count). The number of aromatic carboxylic acids is 1. The van der Waals surface area contributed by atoms with Crippen LogP contribution in [0.25, 0.3) is 0 Å². The average molecular weight is 229 g/mol. The maximum Gasteiger partial charge on any atom is 0.335 e. The Kier molecular flexibility index (Phi) is 3.81. The summed E-state index contributed by atoms with van der Waals surface area (Å²) in [6.07, 6.45) is 0. The second-order valence-corrected chi connectivity index (χ2v) is 3.68. The number of hydrogen-bond acceptors (Lipinski definition) is 2. The molecule has 0 aromatic heterocycles. The molecule has 0 bridgehead atoms. The van der Waals surface area contributed by atoms with Gasteiger partial charge in [-0.15, -0.1) is 0 Å². The number of carbonyl (C=O) groups is 1. The lowest BCUT2D eigenvalue weighted by molar-refractivity contribution is 0.0697. The number of nitrogens with zero attached hydrogens (tertiary/aromatic N) is 1. The Bertz CT molecular complexity index is 376. The molecule has 2 N–H and O–H groups in total. The molecular weight excluding hydrogens is 218 g/mol. The van der Waals surface area contributed by atoms with Gasteiger partial charge in [0.2, 0.25) is 0 Å². The van der Waals surface area contributed by atoms with Gasteiger partial charge in [-0.25, -0.2) is 9.00 Å². The smallest absolute Gasteiger partial charge is 0.335 e. The van der Waals surface area contributed by atoms with Crippen molar-refractivity contribution in [3.8, 4) is 0 Å². The summed E-state index contributed by atoms with van der Waals surface area (Å²) in [5.41, 5.74) is 0.668. The van der Waals surface area contributed by atoms with Gasteiger partial charge in [-0.05, 0) is 31.2 Å². The Balaban J connectivity index is 2.97. The molecule has 0 spiro atoms. The lowest BCUT2D eigenvalue weighted by Crippen LogP contribution is -2.24. The molecule has 0 radical (unpaired) electrons. The summed E-state index contributed by atoms with van der Waals surface area (Å²) in [5, 5.41) is 8.66. The van der Waals surface area contributed by atoms with Crippen LogP contribution in [0.4, 0.5) is 5.69 Å². The topological polar surface area (TPSA) is 77.8 Å². The molecule has 1 atom stereocenters. The molecule has 0 aliphatic heterocycles. The number of carboxylic acids is 1. The van der Waals surface area contributed by atoms with Gasteiger partial charge in [0.25, 0.3) is 11.3 Å². The van der Waals surface area contributed by atoms with Gasteiger partial charge in [-0.3, -0.25) is 8.86 Å². The second kappa shape index (κ2) is 4.90. The van der Waals surface area contributed by atoms with Crippen LogP contribution in [0.15, 0.2) is 24.3 Å². The highest BCUT2D eigenvalue weighted by molar-refractivity contribution is 7.80. The van der Waals surface area contributed by atoms with Crippen molar-refractivity contribution < 1.29 is 18.7 Å². The van der Waals surface area contributed by atoms with Crippen molar-refractivity contribution >= 4 is 22.9 Å². The van der Waals surface area contributed by atoms with Crippen molar-refractivity contribution in [2.24, 2.45) is 0 Å². The van der Waals surface area contributed by atoms with E-state index >= 15 is 0 Å². The summed E-state index contributed by atoms with van der Waals surface area (Å²) < 4.78 is 21.0. The minimum absolute atomic E-state index is 0.151. The van der Waals surface area contributed by atoms with E-state index in [0.29, 0.717) is 12.2 Å². The van der Waals surface area contributed by atoms with E-state index in [1.807, 2.05) is 0 Å². The van der Waals surface area contributed by atoms with Crippen molar-refractivity contribution in [2.45, 2.75) is 6.92 Å². The highest BCUT2D eigenvalue weighted by atomic mass is 32.2. The number of benzene rings is 1. The largest absolute Gasteiger partial charge is 0.478 e. The molecular formula is C9H11NO4S. The van der Waals surface area contributed by atoms with Gasteiger partial charge in [-0.1, -0.05) is 0 Å². The van der Waals surface area contributed by atoms with Crippen molar-refractivity contribution in [2.75, 3.05) is 10.8 Å².